The Morgan fingerprint density at radius 3 is 2.85 bits per heavy atom. The second kappa shape index (κ2) is 6.26. The Hall–Kier alpha value is -1.56. The molecule has 1 aliphatic rings. The number of aromatic nitrogens is 2. The van der Waals surface area contributed by atoms with Gasteiger partial charge in [0.1, 0.15) is 6.54 Å². The maximum atomic E-state index is 12.4. The highest BCUT2D eigenvalue weighted by molar-refractivity contribution is 5.76. The summed E-state index contributed by atoms with van der Waals surface area (Å²) in [6.07, 6.45) is 2.17. The lowest BCUT2D eigenvalue weighted by Gasteiger charge is -2.32. The average molecular weight is 280 g/mol. The second-order valence-corrected chi connectivity index (χ2v) is 5.55. The molecule has 1 unspecified atom stereocenters. The molecule has 20 heavy (non-hydrogen) atoms. The number of piperidine rings is 1. The van der Waals surface area contributed by atoms with Crippen molar-refractivity contribution in [3.63, 3.8) is 0 Å². The summed E-state index contributed by atoms with van der Waals surface area (Å²) in [5, 5.41) is 4.32. The molecule has 1 saturated heterocycles. The van der Waals surface area contributed by atoms with Crippen LogP contribution >= 0.6 is 0 Å². The fraction of sp³-hybridized carbons (Fsp3) is 0.714. The van der Waals surface area contributed by atoms with Gasteiger partial charge in [0.25, 0.3) is 0 Å². The van der Waals surface area contributed by atoms with Crippen molar-refractivity contribution in [2.75, 3.05) is 32.5 Å². The molecule has 0 aromatic carbocycles. The Morgan fingerprint density at radius 2 is 2.25 bits per heavy atom. The molecule has 112 valence electrons. The number of amides is 1. The van der Waals surface area contributed by atoms with Crippen LogP contribution in [0.1, 0.15) is 24.2 Å². The number of hydrogen-bond donors (Lipinski definition) is 1. The van der Waals surface area contributed by atoms with Crippen LogP contribution in [0.25, 0.3) is 0 Å². The first-order chi connectivity index (χ1) is 9.52. The molecule has 2 N–H and O–H groups in total. The van der Waals surface area contributed by atoms with E-state index in [9.17, 15) is 4.79 Å². The largest absolute Gasteiger partial charge is 0.396 e. The minimum atomic E-state index is 0.108. The smallest absolute Gasteiger partial charge is 0.244 e. The predicted molar refractivity (Wildman–Crippen MR) is 77.3 cm³/mol. The first-order valence-corrected chi connectivity index (χ1v) is 7.09. The van der Waals surface area contributed by atoms with Crippen molar-refractivity contribution in [3.05, 3.63) is 11.4 Å². The Labute approximate surface area is 119 Å². The summed E-state index contributed by atoms with van der Waals surface area (Å²) in [6.45, 7) is 6.35. The number of ether oxygens (including phenoxy) is 1. The molecular weight excluding hydrogens is 256 g/mol. The van der Waals surface area contributed by atoms with Crippen molar-refractivity contribution < 1.29 is 9.53 Å². The van der Waals surface area contributed by atoms with Gasteiger partial charge in [-0.1, -0.05) is 0 Å². The number of nitrogens with zero attached hydrogens (tertiary/aromatic N) is 3. The van der Waals surface area contributed by atoms with Gasteiger partial charge in [-0.3, -0.25) is 9.48 Å². The molecule has 0 saturated carbocycles. The van der Waals surface area contributed by atoms with Gasteiger partial charge in [0.2, 0.25) is 5.91 Å². The molecule has 1 atom stereocenters. The molecule has 1 aromatic heterocycles. The van der Waals surface area contributed by atoms with Gasteiger partial charge >= 0.3 is 0 Å². The van der Waals surface area contributed by atoms with Crippen LogP contribution in [0, 0.1) is 19.8 Å². The number of rotatable bonds is 4. The molecule has 0 aliphatic carbocycles. The lowest BCUT2D eigenvalue weighted by atomic mass is 9.99. The molecule has 1 aliphatic heterocycles. The number of carbonyl (C=O) groups is 1. The van der Waals surface area contributed by atoms with E-state index in [1.165, 1.54) is 0 Å². The molecule has 1 amide bonds. The number of aryl methyl sites for hydroxylation is 1. The standard InChI is InChI=1S/C14H24N4O2/c1-10-14(15)11(2)18(16-10)8-13(19)17-6-4-5-12(7-17)9-20-3/h12H,4-9,15H2,1-3H3. The zero-order valence-corrected chi connectivity index (χ0v) is 12.6. The maximum absolute atomic E-state index is 12.4. The lowest BCUT2D eigenvalue weighted by Crippen LogP contribution is -2.42. The topological polar surface area (TPSA) is 73.4 Å². The zero-order chi connectivity index (χ0) is 14.7. The van der Waals surface area contributed by atoms with Gasteiger partial charge < -0.3 is 15.4 Å². The van der Waals surface area contributed by atoms with E-state index in [-0.39, 0.29) is 12.5 Å². The maximum Gasteiger partial charge on any atom is 0.244 e. The van der Waals surface area contributed by atoms with E-state index < -0.39 is 0 Å². The summed E-state index contributed by atoms with van der Waals surface area (Å²) in [7, 11) is 1.71. The third kappa shape index (κ3) is 3.12. The number of likely N-dealkylation sites (tertiary alicyclic amines) is 1. The van der Waals surface area contributed by atoms with Gasteiger partial charge in [-0.15, -0.1) is 0 Å². The van der Waals surface area contributed by atoms with Crippen LogP contribution in [0.4, 0.5) is 5.69 Å². The zero-order valence-electron chi connectivity index (χ0n) is 12.6. The van der Waals surface area contributed by atoms with Crippen molar-refractivity contribution in [1.29, 1.82) is 0 Å². The fourth-order valence-electron chi connectivity index (χ4n) is 2.76. The Balaban J connectivity index is 1.99. The predicted octanol–water partition coefficient (Wildman–Crippen LogP) is 0.967. The molecule has 2 rings (SSSR count). The van der Waals surface area contributed by atoms with Gasteiger partial charge in [0, 0.05) is 20.2 Å². The molecule has 1 fully saturated rings. The minimum absolute atomic E-state index is 0.108. The summed E-state index contributed by atoms with van der Waals surface area (Å²) in [6, 6.07) is 0. The molecule has 0 spiro atoms. The van der Waals surface area contributed by atoms with Gasteiger partial charge in [0.05, 0.1) is 23.7 Å². The van der Waals surface area contributed by atoms with Crippen LogP contribution in [0.2, 0.25) is 0 Å². The second-order valence-electron chi connectivity index (χ2n) is 5.55. The summed E-state index contributed by atoms with van der Waals surface area (Å²) >= 11 is 0. The van der Waals surface area contributed by atoms with Crippen LogP contribution < -0.4 is 5.73 Å². The van der Waals surface area contributed by atoms with Gasteiger partial charge in [0.15, 0.2) is 0 Å². The van der Waals surface area contributed by atoms with Gasteiger partial charge in [-0.05, 0) is 32.6 Å². The molecule has 0 radical (unpaired) electrons. The molecule has 2 heterocycles. The van der Waals surface area contributed by atoms with E-state index in [4.69, 9.17) is 10.5 Å². The van der Waals surface area contributed by atoms with E-state index >= 15 is 0 Å². The number of hydrogen-bond acceptors (Lipinski definition) is 4. The highest BCUT2D eigenvalue weighted by atomic mass is 16.5. The first kappa shape index (κ1) is 14.8. The van der Waals surface area contributed by atoms with Crippen LogP contribution in [0.3, 0.4) is 0 Å². The van der Waals surface area contributed by atoms with Crippen LogP contribution in [-0.2, 0) is 16.1 Å². The normalized spacial score (nSPS) is 19.4. The number of carbonyl (C=O) groups excluding carboxylic acids is 1. The molecular formula is C14H24N4O2. The van der Waals surface area contributed by atoms with E-state index in [1.54, 1.807) is 11.8 Å². The quantitative estimate of drug-likeness (QED) is 0.892. The molecule has 1 aromatic rings. The van der Waals surface area contributed by atoms with Crippen molar-refractivity contribution in [2.24, 2.45) is 5.92 Å². The van der Waals surface area contributed by atoms with Crippen molar-refractivity contribution in [1.82, 2.24) is 14.7 Å². The Kier molecular flexibility index (Phi) is 4.65. The number of anilines is 1. The van der Waals surface area contributed by atoms with Crippen LogP contribution in [0.15, 0.2) is 0 Å². The number of nitrogen functional groups attached to an aromatic ring is 1. The van der Waals surface area contributed by atoms with Gasteiger partial charge in [-0.25, -0.2) is 0 Å². The summed E-state index contributed by atoms with van der Waals surface area (Å²) in [5.74, 6) is 0.555. The summed E-state index contributed by atoms with van der Waals surface area (Å²) < 4.78 is 6.90. The summed E-state index contributed by atoms with van der Waals surface area (Å²) in [4.78, 5) is 14.3. The van der Waals surface area contributed by atoms with E-state index in [0.29, 0.717) is 11.6 Å². The van der Waals surface area contributed by atoms with Crippen LogP contribution in [-0.4, -0.2) is 47.4 Å². The highest BCUT2D eigenvalue weighted by Gasteiger charge is 2.24. The number of nitrogens with two attached hydrogens (primary N) is 1. The number of methoxy groups -OCH3 is 1. The Bertz CT molecular complexity index is 482. The first-order valence-electron chi connectivity index (χ1n) is 7.09. The Morgan fingerprint density at radius 1 is 1.50 bits per heavy atom. The van der Waals surface area contributed by atoms with E-state index in [2.05, 4.69) is 5.10 Å². The summed E-state index contributed by atoms with van der Waals surface area (Å²) in [5.41, 5.74) is 8.21. The van der Waals surface area contributed by atoms with Gasteiger partial charge in [-0.2, -0.15) is 5.10 Å². The third-order valence-electron chi connectivity index (χ3n) is 4.00. The third-order valence-corrected chi connectivity index (χ3v) is 4.00. The molecule has 0 bridgehead atoms. The molecule has 6 heteroatoms. The lowest BCUT2D eigenvalue weighted by molar-refractivity contribution is -0.134. The van der Waals surface area contributed by atoms with Crippen molar-refractivity contribution >= 4 is 11.6 Å². The van der Waals surface area contributed by atoms with E-state index in [0.717, 1.165) is 43.9 Å². The fourth-order valence-corrected chi connectivity index (χ4v) is 2.76. The SMILES string of the molecule is COCC1CCCN(C(=O)Cn2nc(C)c(N)c2C)C1. The minimum Gasteiger partial charge on any atom is -0.396 e. The van der Waals surface area contributed by atoms with Crippen molar-refractivity contribution in [2.45, 2.75) is 33.2 Å². The highest BCUT2D eigenvalue weighted by Crippen LogP contribution is 2.18. The van der Waals surface area contributed by atoms with E-state index in [1.807, 2.05) is 18.7 Å². The molecule has 6 nitrogen and oxygen atoms in total. The monoisotopic (exact) mass is 280 g/mol. The average Bonchev–Trinajstić information content (AvgIpc) is 2.67. The van der Waals surface area contributed by atoms with Crippen molar-refractivity contribution in [3.8, 4) is 0 Å². The van der Waals surface area contributed by atoms with Crippen LogP contribution in [0.5, 0.6) is 0 Å².